The molecule has 1 atom stereocenters. The van der Waals surface area contributed by atoms with Crippen molar-refractivity contribution in [1.82, 2.24) is 9.62 Å². The highest BCUT2D eigenvalue weighted by molar-refractivity contribution is 7.89. The number of carbonyl (C=O) groups excluding carboxylic acids is 1. The summed E-state index contributed by atoms with van der Waals surface area (Å²) in [5, 5.41) is 13.6. The van der Waals surface area contributed by atoms with Gasteiger partial charge in [0.25, 0.3) is 0 Å². The molecule has 5 N–H and O–H groups in total. The second kappa shape index (κ2) is 14.1. The molecular weight excluding hydrogens is 529 g/mol. The Kier molecular flexibility index (Phi) is 12.5. The zero-order valence-electron chi connectivity index (χ0n) is 21.7. The van der Waals surface area contributed by atoms with Gasteiger partial charge in [0.2, 0.25) is 10.0 Å². The molecule has 0 saturated heterocycles. The van der Waals surface area contributed by atoms with Crippen LogP contribution >= 0.6 is 7.82 Å². The third-order valence-corrected chi connectivity index (χ3v) is 7.15. The Bertz CT molecular complexity index is 1040. The fourth-order valence-electron chi connectivity index (χ4n) is 3.28. The first-order valence-corrected chi connectivity index (χ1v) is 14.7. The summed E-state index contributed by atoms with van der Waals surface area (Å²) in [6, 6.07) is 4.19. The number of hydrogen-bond acceptors (Lipinski definition) is 7. The zero-order chi connectivity index (χ0) is 28.4. The van der Waals surface area contributed by atoms with Gasteiger partial charge in [-0.25, -0.2) is 22.6 Å². The minimum atomic E-state index is -4.87. The number of alkyl carbamates (subject to hydrolysis) is 1. The number of amides is 2. The van der Waals surface area contributed by atoms with E-state index >= 15 is 0 Å². The Balaban J connectivity index is 3.07. The van der Waals surface area contributed by atoms with Gasteiger partial charge >= 0.3 is 20.0 Å². The monoisotopic (exact) mass is 567 g/mol. The molecule has 0 aromatic heterocycles. The van der Waals surface area contributed by atoms with Crippen LogP contribution < -0.4 is 10.6 Å². The molecule has 0 radical (unpaired) electrons. The van der Waals surface area contributed by atoms with Crippen LogP contribution in [0.25, 0.3) is 0 Å². The predicted molar refractivity (Wildman–Crippen MR) is 137 cm³/mol. The Morgan fingerprint density at radius 3 is 2.19 bits per heavy atom. The molecule has 1 unspecified atom stereocenters. The van der Waals surface area contributed by atoms with Crippen LogP contribution in [0.15, 0.2) is 29.2 Å². The molecular formula is C22H38N3O10PS. The molecule has 0 bridgehead atoms. The number of carbonyl (C=O) groups is 2. The number of rotatable bonds is 14. The van der Waals surface area contributed by atoms with E-state index in [1.54, 1.807) is 34.6 Å². The molecule has 0 spiro atoms. The van der Waals surface area contributed by atoms with Crippen LogP contribution in [-0.2, 0) is 23.8 Å². The summed E-state index contributed by atoms with van der Waals surface area (Å²) in [7, 11) is -9.02. The van der Waals surface area contributed by atoms with Gasteiger partial charge in [-0.05, 0) is 63.8 Å². The van der Waals surface area contributed by atoms with E-state index in [1.165, 1.54) is 24.3 Å². The largest absolute Gasteiger partial charge is 0.469 e. The molecule has 1 rings (SSSR count). The number of phosphoric ester groups is 1. The number of nitrogens with zero attached hydrogens (tertiary/aromatic N) is 1. The maximum absolute atomic E-state index is 13.5. The van der Waals surface area contributed by atoms with Crippen LogP contribution in [0, 0.1) is 5.92 Å². The second-order valence-electron chi connectivity index (χ2n) is 9.79. The van der Waals surface area contributed by atoms with Crippen LogP contribution in [0.3, 0.4) is 0 Å². The topological polar surface area (TPSA) is 192 Å². The molecule has 0 aliphatic heterocycles. The molecule has 0 aliphatic carbocycles. The summed E-state index contributed by atoms with van der Waals surface area (Å²) in [4.78, 5) is 41.0. The number of carboxylic acid groups (broad SMARTS) is 1. The molecule has 2 amide bonds. The third-order valence-electron chi connectivity index (χ3n) is 4.73. The smallest absolute Gasteiger partial charge is 0.465 e. The lowest BCUT2D eigenvalue weighted by Crippen LogP contribution is -2.44. The zero-order valence-corrected chi connectivity index (χ0v) is 23.4. The summed E-state index contributed by atoms with van der Waals surface area (Å²) < 4.78 is 49.5. The number of hydrogen-bond donors (Lipinski definition) is 5. The molecule has 0 saturated carbocycles. The van der Waals surface area contributed by atoms with Crippen molar-refractivity contribution in [3.63, 3.8) is 0 Å². The number of ether oxygens (including phenoxy) is 1. The van der Waals surface area contributed by atoms with Crippen molar-refractivity contribution in [1.29, 1.82) is 0 Å². The van der Waals surface area contributed by atoms with E-state index < -0.39 is 48.3 Å². The van der Waals surface area contributed by atoms with Gasteiger partial charge in [-0.2, -0.15) is 4.31 Å². The van der Waals surface area contributed by atoms with Crippen molar-refractivity contribution >= 4 is 35.7 Å². The highest BCUT2D eigenvalue weighted by Gasteiger charge is 2.33. The lowest BCUT2D eigenvalue weighted by molar-refractivity contribution is 0.0526. The van der Waals surface area contributed by atoms with Crippen LogP contribution in [0.2, 0.25) is 0 Å². The number of unbranched alkanes of at least 4 members (excludes halogenated alkanes) is 1. The predicted octanol–water partition coefficient (Wildman–Crippen LogP) is 3.60. The van der Waals surface area contributed by atoms with Gasteiger partial charge in [-0.3, -0.25) is 9.84 Å². The van der Waals surface area contributed by atoms with Crippen molar-refractivity contribution in [2.24, 2.45) is 5.92 Å². The first-order chi connectivity index (χ1) is 16.9. The summed E-state index contributed by atoms with van der Waals surface area (Å²) in [5.74, 6) is -0.130. The Labute approximate surface area is 217 Å². The fourth-order valence-corrected chi connectivity index (χ4v) is 5.45. The standard InChI is InChI=1S/C22H38N3O10PS/c1-16(2)14-25(37(32,33)19-11-9-17(10-12-19)24-20(26)27)18(15-34-36(29,30)31)8-6-7-13-23-21(28)35-22(3,4)5/h9-12,16,18,24H,6-8,13-15H2,1-5H3,(H,23,28)(H,26,27)(H2,29,30,31). The normalized spacial score (nSPS) is 13.4. The number of sulfonamides is 1. The first-order valence-electron chi connectivity index (χ1n) is 11.7. The van der Waals surface area contributed by atoms with Gasteiger partial charge in [-0.15, -0.1) is 0 Å². The molecule has 37 heavy (non-hydrogen) atoms. The van der Waals surface area contributed by atoms with Gasteiger partial charge in [0, 0.05) is 24.8 Å². The van der Waals surface area contributed by atoms with Crippen molar-refractivity contribution in [2.45, 2.75) is 70.4 Å². The third kappa shape index (κ3) is 13.2. The van der Waals surface area contributed by atoms with E-state index in [0.29, 0.717) is 12.8 Å². The molecule has 13 nitrogen and oxygen atoms in total. The number of benzene rings is 1. The van der Waals surface area contributed by atoms with E-state index in [0.717, 1.165) is 4.31 Å². The van der Waals surface area contributed by atoms with Crippen molar-refractivity contribution in [3.8, 4) is 0 Å². The summed E-state index contributed by atoms with van der Waals surface area (Å²) >= 11 is 0. The van der Waals surface area contributed by atoms with E-state index in [9.17, 15) is 32.4 Å². The lowest BCUT2D eigenvalue weighted by atomic mass is 10.1. The number of phosphoric acid groups is 1. The Morgan fingerprint density at radius 2 is 1.70 bits per heavy atom. The highest BCUT2D eigenvalue weighted by Crippen LogP contribution is 2.37. The van der Waals surface area contributed by atoms with Crippen LogP contribution in [0.4, 0.5) is 15.3 Å². The van der Waals surface area contributed by atoms with Crippen LogP contribution in [0.5, 0.6) is 0 Å². The Hall–Kier alpha value is -2.22. The maximum atomic E-state index is 13.5. The average molecular weight is 568 g/mol. The van der Waals surface area contributed by atoms with Crippen LogP contribution in [-0.4, -0.2) is 71.1 Å². The molecule has 15 heteroatoms. The first kappa shape index (κ1) is 32.8. The van der Waals surface area contributed by atoms with Crippen molar-refractivity contribution in [3.05, 3.63) is 24.3 Å². The second-order valence-corrected chi connectivity index (χ2v) is 12.9. The van der Waals surface area contributed by atoms with Crippen molar-refractivity contribution < 1.29 is 46.7 Å². The van der Waals surface area contributed by atoms with Gasteiger partial charge in [0.1, 0.15) is 5.60 Å². The van der Waals surface area contributed by atoms with Crippen molar-refractivity contribution in [2.75, 3.05) is 25.0 Å². The molecule has 1 aromatic rings. The quantitative estimate of drug-likeness (QED) is 0.164. The van der Waals surface area contributed by atoms with E-state index in [2.05, 4.69) is 10.6 Å². The average Bonchev–Trinajstić information content (AvgIpc) is 2.72. The lowest BCUT2D eigenvalue weighted by Gasteiger charge is -2.32. The SMILES string of the molecule is CC(C)CN(C(CCCCNC(=O)OC(C)(C)C)COP(=O)(O)O)S(=O)(=O)c1ccc(NC(=O)O)cc1. The fraction of sp³-hybridized carbons (Fsp3) is 0.636. The summed E-state index contributed by atoms with van der Waals surface area (Å²) in [6.45, 7) is 8.56. The molecule has 212 valence electrons. The number of anilines is 1. The van der Waals surface area contributed by atoms with Gasteiger partial charge in [-0.1, -0.05) is 20.3 Å². The molecule has 0 fully saturated rings. The highest BCUT2D eigenvalue weighted by atomic mass is 32.2. The minimum Gasteiger partial charge on any atom is -0.465 e. The Morgan fingerprint density at radius 1 is 1.11 bits per heavy atom. The van der Waals surface area contributed by atoms with Gasteiger partial charge in [0.05, 0.1) is 11.5 Å². The van der Waals surface area contributed by atoms with E-state index in [-0.39, 0.29) is 36.0 Å². The van der Waals surface area contributed by atoms with Crippen LogP contribution in [0.1, 0.15) is 53.9 Å². The van der Waals surface area contributed by atoms with E-state index in [1.807, 2.05) is 0 Å². The molecule has 0 heterocycles. The molecule has 1 aromatic carbocycles. The van der Waals surface area contributed by atoms with E-state index in [4.69, 9.17) is 14.4 Å². The van der Waals surface area contributed by atoms with Gasteiger partial charge < -0.3 is 24.9 Å². The van der Waals surface area contributed by atoms with Gasteiger partial charge in [0.15, 0.2) is 0 Å². The summed E-state index contributed by atoms with van der Waals surface area (Å²) in [5.41, 5.74) is -0.469. The number of nitrogens with one attached hydrogen (secondary N) is 2. The molecule has 0 aliphatic rings. The minimum absolute atomic E-state index is 0.0444. The maximum Gasteiger partial charge on any atom is 0.469 e. The summed E-state index contributed by atoms with van der Waals surface area (Å²) in [6.07, 6.45) is -0.819.